The molecule has 0 aliphatic heterocycles. The monoisotopic (exact) mass is 588 g/mol. The number of alkyl halides is 3. The van der Waals surface area contributed by atoms with Crippen LogP contribution in [0.15, 0.2) is 115 Å². The number of carboxylic acids is 1. The molecule has 220 valence electrons. The third-order valence-electron chi connectivity index (χ3n) is 6.30. The molecule has 4 aromatic rings. The van der Waals surface area contributed by atoms with E-state index >= 15 is 0 Å². The van der Waals surface area contributed by atoms with Crippen molar-refractivity contribution in [1.29, 1.82) is 0 Å². The number of nitrogens with one attached hydrogen (secondary N) is 2. The zero-order valence-electron chi connectivity index (χ0n) is 22.7. The lowest BCUT2D eigenvalue weighted by atomic mass is 10.0. The van der Waals surface area contributed by atoms with Gasteiger partial charge in [-0.2, -0.15) is 13.2 Å². The maximum absolute atomic E-state index is 13.3. The minimum absolute atomic E-state index is 0.113. The highest BCUT2D eigenvalue weighted by atomic mass is 19.4. The summed E-state index contributed by atoms with van der Waals surface area (Å²) in [6, 6.07) is 27.6. The van der Waals surface area contributed by atoms with Gasteiger partial charge in [0.25, 0.3) is 11.8 Å². The molecule has 4 aromatic carbocycles. The molecule has 2 amide bonds. The van der Waals surface area contributed by atoms with Crippen LogP contribution in [0.3, 0.4) is 0 Å². The first-order chi connectivity index (χ1) is 20.6. The molecule has 0 aliphatic carbocycles. The van der Waals surface area contributed by atoms with Gasteiger partial charge in [0.15, 0.2) is 6.04 Å². The van der Waals surface area contributed by atoms with Gasteiger partial charge in [-0.1, -0.05) is 84.9 Å². The number of hydrogen-bond acceptors (Lipinski definition) is 4. The highest BCUT2D eigenvalue weighted by Gasteiger charge is 2.30. The van der Waals surface area contributed by atoms with Crippen molar-refractivity contribution in [3.8, 4) is 11.1 Å². The number of aliphatic carboxylic acids is 1. The number of carbonyl (C=O) groups is 3. The van der Waals surface area contributed by atoms with E-state index in [0.717, 1.165) is 41.0 Å². The van der Waals surface area contributed by atoms with E-state index in [9.17, 15) is 32.7 Å². The van der Waals surface area contributed by atoms with Gasteiger partial charge >= 0.3 is 12.1 Å². The normalized spacial score (nSPS) is 12.3. The zero-order valence-corrected chi connectivity index (χ0v) is 22.7. The fourth-order valence-electron chi connectivity index (χ4n) is 4.01. The summed E-state index contributed by atoms with van der Waals surface area (Å²) < 4.78 is 44.4. The fourth-order valence-corrected chi connectivity index (χ4v) is 4.01. The predicted molar refractivity (Wildman–Crippen MR) is 154 cm³/mol. The first-order valence-corrected chi connectivity index (χ1v) is 13.1. The molecule has 0 radical (unpaired) electrons. The minimum atomic E-state index is -4.58. The van der Waals surface area contributed by atoms with E-state index in [2.05, 4.69) is 10.6 Å². The Kier molecular flexibility index (Phi) is 10.1. The first-order valence-electron chi connectivity index (χ1n) is 13.1. The highest BCUT2D eigenvalue weighted by molar-refractivity contribution is 6.06. The van der Waals surface area contributed by atoms with Crippen molar-refractivity contribution in [3.63, 3.8) is 0 Å². The number of hydrogen-bond donors (Lipinski definition) is 3. The molecule has 0 saturated heterocycles. The summed E-state index contributed by atoms with van der Waals surface area (Å²) in [5, 5.41) is 14.4. The van der Waals surface area contributed by atoms with Crippen molar-refractivity contribution in [1.82, 2.24) is 10.6 Å². The average molecular weight is 589 g/mol. The molecule has 7 nitrogen and oxygen atoms in total. The summed E-state index contributed by atoms with van der Waals surface area (Å²) >= 11 is 0. The van der Waals surface area contributed by atoms with Crippen molar-refractivity contribution in [3.05, 3.63) is 137 Å². The Bertz CT molecular complexity index is 1570. The summed E-state index contributed by atoms with van der Waals surface area (Å²) in [5.74, 6) is -3.15. The maximum Gasteiger partial charge on any atom is 0.416 e. The molecule has 10 heteroatoms. The van der Waals surface area contributed by atoms with Crippen LogP contribution < -0.4 is 10.6 Å². The molecule has 0 aliphatic rings. The van der Waals surface area contributed by atoms with E-state index in [1.807, 2.05) is 48.5 Å². The van der Waals surface area contributed by atoms with Gasteiger partial charge in [-0.3, -0.25) is 9.59 Å². The van der Waals surface area contributed by atoms with Gasteiger partial charge < -0.3 is 20.5 Å². The average Bonchev–Trinajstić information content (AvgIpc) is 3.01. The first kappa shape index (κ1) is 30.7. The van der Waals surface area contributed by atoms with Crippen LogP contribution in [0.4, 0.5) is 13.2 Å². The molecule has 3 N–H and O–H groups in total. The second kappa shape index (κ2) is 14.1. The van der Waals surface area contributed by atoms with E-state index in [1.54, 1.807) is 36.4 Å². The molecule has 0 fully saturated rings. The van der Waals surface area contributed by atoms with Gasteiger partial charge in [0.1, 0.15) is 5.70 Å². The lowest BCUT2D eigenvalue weighted by Gasteiger charge is -2.17. The fraction of sp³-hybridized carbons (Fsp3) is 0.121. The number of benzene rings is 4. The third kappa shape index (κ3) is 8.88. The summed E-state index contributed by atoms with van der Waals surface area (Å²) in [4.78, 5) is 38.1. The standard InChI is InChI=1S/C33H27F3N2O5/c34-33(35,36)27-17-15-26(16-18-27)30(39)37-28(19-22-11-13-25(14-12-22)24-9-5-2-6-10-24)31(40)38-29(32(41)42)21-43-20-23-7-3-1-4-8-23/h1-19,29H,20-21H2,(H,37,39)(H,38,40)(H,41,42)/t29-/m0/s1. The van der Waals surface area contributed by atoms with Gasteiger partial charge in [-0.25, -0.2) is 4.79 Å². The SMILES string of the molecule is O=C(N[C@@H](COCc1ccccc1)C(=O)O)C(=Cc1ccc(-c2ccccc2)cc1)NC(=O)c1ccc(C(F)(F)F)cc1. The van der Waals surface area contributed by atoms with Gasteiger partial charge in [-0.05, 0) is 52.6 Å². The Balaban J connectivity index is 1.55. The van der Waals surface area contributed by atoms with Crippen LogP contribution in [0.5, 0.6) is 0 Å². The predicted octanol–water partition coefficient (Wildman–Crippen LogP) is 5.93. The molecule has 0 heterocycles. The zero-order chi connectivity index (χ0) is 30.8. The van der Waals surface area contributed by atoms with E-state index in [4.69, 9.17) is 4.74 Å². The van der Waals surface area contributed by atoms with Crippen LogP contribution >= 0.6 is 0 Å². The van der Waals surface area contributed by atoms with Gasteiger partial charge in [0.2, 0.25) is 0 Å². The Morgan fingerprint density at radius 1 is 0.791 bits per heavy atom. The smallest absolute Gasteiger partial charge is 0.416 e. The van der Waals surface area contributed by atoms with E-state index < -0.39 is 35.6 Å². The van der Waals surface area contributed by atoms with Crippen LogP contribution in [0.1, 0.15) is 27.0 Å². The molecular formula is C33H27F3N2O5. The molecule has 43 heavy (non-hydrogen) atoms. The topological polar surface area (TPSA) is 105 Å². The maximum atomic E-state index is 13.3. The molecule has 4 rings (SSSR count). The van der Waals surface area contributed by atoms with Gasteiger partial charge in [-0.15, -0.1) is 0 Å². The lowest BCUT2D eigenvalue weighted by molar-refractivity contribution is -0.143. The van der Waals surface area contributed by atoms with E-state index in [0.29, 0.717) is 5.56 Å². The Morgan fingerprint density at radius 2 is 1.37 bits per heavy atom. The minimum Gasteiger partial charge on any atom is -0.480 e. The Morgan fingerprint density at radius 3 is 1.95 bits per heavy atom. The number of halogens is 3. The van der Waals surface area contributed by atoms with Gasteiger partial charge in [0, 0.05) is 5.56 Å². The van der Waals surface area contributed by atoms with Crippen LogP contribution in [0.25, 0.3) is 17.2 Å². The molecular weight excluding hydrogens is 561 g/mol. The van der Waals surface area contributed by atoms with Crippen molar-refractivity contribution in [2.75, 3.05) is 6.61 Å². The van der Waals surface area contributed by atoms with Crippen molar-refractivity contribution >= 4 is 23.9 Å². The summed E-state index contributed by atoms with van der Waals surface area (Å²) in [6.07, 6.45) is -3.24. The number of carbonyl (C=O) groups excluding carboxylic acids is 2. The largest absolute Gasteiger partial charge is 0.480 e. The van der Waals surface area contributed by atoms with Crippen LogP contribution in [-0.2, 0) is 27.1 Å². The van der Waals surface area contributed by atoms with Crippen LogP contribution in [0, 0.1) is 0 Å². The van der Waals surface area contributed by atoms with Crippen LogP contribution in [0.2, 0.25) is 0 Å². The highest BCUT2D eigenvalue weighted by Crippen LogP contribution is 2.29. The number of amides is 2. The third-order valence-corrected chi connectivity index (χ3v) is 6.30. The second-order valence-electron chi connectivity index (χ2n) is 9.44. The Hall–Kier alpha value is -5.22. The van der Waals surface area contributed by atoms with E-state index in [1.165, 1.54) is 6.08 Å². The van der Waals surface area contributed by atoms with Crippen LogP contribution in [-0.4, -0.2) is 35.5 Å². The van der Waals surface area contributed by atoms with Crippen molar-refractivity contribution in [2.45, 2.75) is 18.8 Å². The number of ether oxygens (including phenoxy) is 1. The quantitative estimate of drug-likeness (QED) is 0.189. The number of rotatable bonds is 11. The van der Waals surface area contributed by atoms with Gasteiger partial charge in [0.05, 0.1) is 18.8 Å². The molecule has 0 bridgehead atoms. The van der Waals surface area contributed by atoms with Crippen molar-refractivity contribution in [2.24, 2.45) is 0 Å². The number of carboxylic acid groups (broad SMARTS) is 1. The van der Waals surface area contributed by atoms with E-state index in [-0.39, 0.29) is 24.5 Å². The second-order valence-corrected chi connectivity index (χ2v) is 9.44. The lowest BCUT2D eigenvalue weighted by Crippen LogP contribution is -2.46. The molecule has 0 spiro atoms. The molecule has 1 atom stereocenters. The summed E-state index contributed by atoms with van der Waals surface area (Å²) in [5.41, 5.74) is 1.80. The molecule has 0 unspecified atom stereocenters. The summed E-state index contributed by atoms with van der Waals surface area (Å²) in [6.45, 7) is -0.247. The molecule has 0 saturated carbocycles. The summed E-state index contributed by atoms with van der Waals surface area (Å²) in [7, 11) is 0. The van der Waals surface area contributed by atoms with Crippen molar-refractivity contribution < 1.29 is 37.4 Å². The molecule has 0 aromatic heterocycles. The Labute approximate surface area is 245 Å².